The zero-order chi connectivity index (χ0) is 13.4. The molecule has 2 aromatic rings. The molecule has 1 aliphatic rings. The van der Waals surface area contributed by atoms with Gasteiger partial charge >= 0.3 is 0 Å². The average molecular weight is 336 g/mol. The lowest BCUT2D eigenvalue weighted by molar-refractivity contribution is 0.453. The lowest BCUT2D eigenvalue weighted by atomic mass is 10.1. The second kappa shape index (κ2) is 4.86. The van der Waals surface area contributed by atoms with Crippen LogP contribution in [0.15, 0.2) is 32.8 Å². The summed E-state index contributed by atoms with van der Waals surface area (Å²) >= 11 is 4.98. The van der Waals surface area contributed by atoms with Crippen molar-refractivity contribution in [2.45, 2.75) is 5.16 Å². The number of hydrogen-bond acceptors (Lipinski definition) is 4. The Morgan fingerprint density at radius 3 is 3.00 bits per heavy atom. The highest BCUT2D eigenvalue weighted by molar-refractivity contribution is 9.10. The van der Waals surface area contributed by atoms with Crippen LogP contribution in [0.5, 0.6) is 5.88 Å². The summed E-state index contributed by atoms with van der Waals surface area (Å²) in [6, 6.07) is 5.88. The van der Waals surface area contributed by atoms with Crippen LogP contribution in [0.25, 0.3) is 11.6 Å². The Balaban J connectivity index is 2.08. The summed E-state index contributed by atoms with van der Waals surface area (Å²) in [6.45, 7) is 0. The van der Waals surface area contributed by atoms with Crippen LogP contribution in [-0.4, -0.2) is 27.5 Å². The largest absolute Gasteiger partial charge is 0.492 e. The van der Waals surface area contributed by atoms with E-state index in [1.54, 1.807) is 6.21 Å². The number of nitrogens with zero attached hydrogens (tertiary/aromatic N) is 2. The summed E-state index contributed by atoms with van der Waals surface area (Å²) in [6.07, 6.45) is 5.54. The Morgan fingerprint density at radius 2 is 2.26 bits per heavy atom. The number of halogens is 1. The van der Waals surface area contributed by atoms with E-state index >= 15 is 0 Å². The van der Waals surface area contributed by atoms with E-state index in [9.17, 15) is 5.11 Å². The Labute approximate surface area is 122 Å². The molecule has 96 valence electrons. The van der Waals surface area contributed by atoms with Gasteiger partial charge in [-0.3, -0.25) is 4.99 Å². The molecule has 1 aromatic heterocycles. The number of allylic oxidation sites excluding steroid dienone is 1. The molecule has 0 saturated heterocycles. The van der Waals surface area contributed by atoms with Gasteiger partial charge < -0.3 is 10.1 Å². The van der Waals surface area contributed by atoms with Crippen molar-refractivity contribution in [3.63, 3.8) is 0 Å². The van der Waals surface area contributed by atoms with Gasteiger partial charge in [-0.2, -0.15) is 4.98 Å². The predicted molar refractivity (Wildman–Crippen MR) is 82.2 cm³/mol. The molecule has 0 aliphatic carbocycles. The van der Waals surface area contributed by atoms with Crippen molar-refractivity contribution in [3.05, 3.63) is 33.9 Å². The number of aromatic nitrogens is 2. The van der Waals surface area contributed by atoms with Gasteiger partial charge in [-0.25, -0.2) is 0 Å². The number of nitrogens with one attached hydrogen (secondary N) is 1. The molecule has 1 aromatic carbocycles. The fourth-order valence-electron chi connectivity index (χ4n) is 1.93. The molecule has 19 heavy (non-hydrogen) atoms. The first-order valence-corrected chi connectivity index (χ1v) is 7.58. The van der Waals surface area contributed by atoms with E-state index in [0.717, 1.165) is 21.3 Å². The summed E-state index contributed by atoms with van der Waals surface area (Å²) in [5.41, 5.74) is 3.48. The van der Waals surface area contributed by atoms with Gasteiger partial charge in [-0.1, -0.05) is 33.8 Å². The molecule has 2 N–H and O–H groups in total. The van der Waals surface area contributed by atoms with E-state index in [-0.39, 0.29) is 5.88 Å². The third kappa shape index (κ3) is 2.21. The van der Waals surface area contributed by atoms with Crippen molar-refractivity contribution in [2.24, 2.45) is 4.99 Å². The molecular weight excluding hydrogens is 326 g/mol. The lowest BCUT2D eigenvalue weighted by Gasteiger charge is -2.02. The summed E-state index contributed by atoms with van der Waals surface area (Å²) in [5, 5.41) is 10.5. The molecule has 0 unspecified atom stereocenters. The molecule has 4 nitrogen and oxygen atoms in total. The molecule has 0 bridgehead atoms. The number of imidazole rings is 1. The SMILES string of the molecule is CSc1nc(O)c(/C=C2\C=Nc3cccc(Br)c32)[nH]1. The van der Waals surface area contributed by atoms with E-state index in [1.807, 2.05) is 30.5 Å². The first kappa shape index (κ1) is 12.5. The first-order valence-electron chi connectivity index (χ1n) is 5.56. The van der Waals surface area contributed by atoms with Crippen molar-refractivity contribution >= 4 is 51.2 Å². The highest BCUT2D eigenvalue weighted by Crippen LogP contribution is 2.38. The highest BCUT2D eigenvalue weighted by Gasteiger charge is 2.16. The second-order valence-electron chi connectivity index (χ2n) is 3.98. The average Bonchev–Trinajstić information content (AvgIpc) is 2.96. The molecule has 0 saturated carbocycles. The van der Waals surface area contributed by atoms with Crippen LogP contribution in [-0.2, 0) is 0 Å². The molecule has 0 amide bonds. The minimum atomic E-state index is 0.00533. The first-order chi connectivity index (χ1) is 9.19. The number of fused-ring (bicyclic) bond motifs is 1. The molecule has 0 radical (unpaired) electrons. The molecule has 0 fully saturated rings. The summed E-state index contributed by atoms with van der Waals surface area (Å²) < 4.78 is 0.984. The highest BCUT2D eigenvalue weighted by atomic mass is 79.9. The number of hydrogen-bond donors (Lipinski definition) is 2. The number of aromatic hydroxyl groups is 1. The maximum absolute atomic E-state index is 9.78. The maximum atomic E-state index is 9.78. The van der Waals surface area contributed by atoms with Gasteiger partial charge in [0.25, 0.3) is 0 Å². The molecule has 0 spiro atoms. The second-order valence-corrected chi connectivity index (χ2v) is 5.62. The van der Waals surface area contributed by atoms with E-state index in [1.165, 1.54) is 11.8 Å². The molecule has 1 aliphatic heterocycles. The zero-order valence-corrected chi connectivity index (χ0v) is 12.4. The number of aliphatic imine (C=N–C) groups is 1. The van der Waals surface area contributed by atoms with Gasteiger partial charge in [-0.15, -0.1) is 0 Å². The van der Waals surface area contributed by atoms with Crippen LogP contribution < -0.4 is 0 Å². The lowest BCUT2D eigenvalue weighted by Crippen LogP contribution is -1.83. The Morgan fingerprint density at radius 1 is 1.42 bits per heavy atom. The van der Waals surface area contributed by atoms with Crippen LogP contribution in [0, 0.1) is 0 Å². The van der Waals surface area contributed by atoms with Crippen LogP contribution in [0.4, 0.5) is 5.69 Å². The summed E-state index contributed by atoms with van der Waals surface area (Å²) in [5.74, 6) is 0.00533. The smallest absolute Gasteiger partial charge is 0.237 e. The van der Waals surface area contributed by atoms with Crippen molar-refractivity contribution < 1.29 is 5.11 Å². The normalized spacial score (nSPS) is 15.2. The van der Waals surface area contributed by atoms with Gasteiger partial charge in [0.1, 0.15) is 5.69 Å². The van der Waals surface area contributed by atoms with E-state index in [2.05, 4.69) is 30.9 Å². The van der Waals surface area contributed by atoms with Gasteiger partial charge in [0.2, 0.25) is 5.88 Å². The maximum Gasteiger partial charge on any atom is 0.237 e. The Hall–Kier alpha value is -1.53. The summed E-state index contributed by atoms with van der Waals surface area (Å²) in [4.78, 5) is 11.4. The van der Waals surface area contributed by atoms with Crippen molar-refractivity contribution in [1.29, 1.82) is 0 Å². The standard InChI is InChI=1S/C13H10BrN3OS/c1-19-13-16-10(12(18)17-13)5-7-6-15-9-4-2-3-8(14)11(7)9/h2-6,18H,1H3,(H,16,17)/b7-5+. The number of H-pyrrole nitrogens is 1. The molecule has 3 rings (SSSR count). The van der Waals surface area contributed by atoms with Crippen LogP contribution in [0.3, 0.4) is 0 Å². The summed E-state index contributed by atoms with van der Waals surface area (Å²) in [7, 11) is 0. The zero-order valence-electron chi connectivity index (χ0n) is 10.0. The quantitative estimate of drug-likeness (QED) is 0.819. The van der Waals surface area contributed by atoms with E-state index < -0.39 is 0 Å². The van der Waals surface area contributed by atoms with E-state index in [0.29, 0.717) is 10.9 Å². The minimum Gasteiger partial charge on any atom is -0.492 e. The fourth-order valence-corrected chi connectivity index (χ4v) is 2.90. The van der Waals surface area contributed by atoms with Crippen molar-refractivity contribution in [2.75, 3.05) is 6.26 Å². The topological polar surface area (TPSA) is 61.3 Å². The predicted octanol–water partition coefficient (Wildman–Crippen LogP) is 3.86. The fraction of sp³-hybridized carbons (Fsp3) is 0.0769. The van der Waals surface area contributed by atoms with E-state index in [4.69, 9.17) is 0 Å². The van der Waals surface area contributed by atoms with Gasteiger partial charge in [-0.05, 0) is 24.5 Å². The van der Waals surface area contributed by atoms with Crippen LogP contribution >= 0.6 is 27.7 Å². The van der Waals surface area contributed by atoms with Crippen LogP contribution in [0.2, 0.25) is 0 Å². The molecule has 2 heterocycles. The molecular formula is C13H10BrN3OS. The molecule has 0 atom stereocenters. The van der Waals surface area contributed by atoms with Crippen LogP contribution in [0.1, 0.15) is 11.3 Å². The van der Waals surface area contributed by atoms with Crippen molar-refractivity contribution in [3.8, 4) is 5.88 Å². The van der Waals surface area contributed by atoms with Gasteiger partial charge in [0, 0.05) is 21.8 Å². The van der Waals surface area contributed by atoms with Crippen molar-refractivity contribution in [1.82, 2.24) is 9.97 Å². The third-order valence-corrected chi connectivity index (χ3v) is 4.05. The number of aromatic amines is 1. The van der Waals surface area contributed by atoms with Gasteiger partial charge in [0.05, 0.1) is 5.69 Å². The Kier molecular flexibility index (Phi) is 3.20. The number of benzene rings is 1. The third-order valence-electron chi connectivity index (χ3n) is 2.81. The minimum absolute atomic E-state index is 0.00533. The molecule has 6 heteroatoms. The monoisotopic (exact) mass is 335 g/mol. The Bertz CT molecular complexity index is 706. The number of rotatable bonds is 2. The van der Waals surface area contributed by atoms with Gasteiger partial charge in [0.15, 0.2) is 5.16 Å². The number of thioether (sulfide) groups is 1.